The number of aliphatic hydroxyl groups excluding tert-OH is 1. The van der Waals surface area contributed by atoms with E-state index in [-0.39, 0.29) is 18.2 Å². The third kappa shape index (κ3) is 4.33. The third-order valence-electron chi connectivity index (χ3n) is 8.18. The molecule has 1 saturated heterocycles. The van der Waals surface area contributed by atoms with Gasteiger partial charge in [-0.25, -0.2) is 13.6 Å². The lowest BCUT2D eigenvalue weighted by Crippen LogP contribution is -2.56. The SMILES string of the molecule is CC#Cc1cnn2cc(-c3nnn([C@@H]4CCN(C#N)C5(CCC5)C4)c3C)cc(O[C@H](CO)c3ccc(F)cn3)c12. The van der Waals surface area contributed by atoms with Crippen LogP contribution in [-0.2, 0) is 0 Å². The largest absolute Gasteiger partial charge is 0.479 e. The minimum atomic E-state index is -0.835. The number of nitriles is 1. The number of nitrogens with zero attached hydrogens (tertiary/aromatic N) is 8. The number of piperidine rings is 1. The lowest BCUT2D eigenvalue weighted by Gasteiger charge is -2.52. The predicted octanol–water partition coefficient (Wildman–Crippen LogP) is 3.96. The van der Waals surface area contributed by atoms with Gasteiger partial charge in [0, 0.05) is 18.3 Å². The van der Waals surface area contributed by atoms with Crippen LogP contribution in [0.15, 0.2) is 36.8 Å². The Labute approximate surface area is 231 Å². The van der Waals surface area contributed by atoms with Crippen molar-refractivity contribution in [1.82, 2.24) is 34.5 Å². The number of hydrogen-bond donors (Lipinski definition) is 1. The number of aliphatic hydroxyl groups is 1. The van der Waals surface area contributed by atoms with Crippen molar-refractivity contribution in [2.45, 2.75) is 63.6 Å². The van der Waals surface area contributed by atoms with Gasteiger partial charge in [0.25, 0.3) is 0 Å². The summed E-state index contributed by atoms with van der Waals surface area (Å²) in [5.41, 5.74) is 3.98. The Morgan fingerprint density at radius 1 is 1.30 bits per heavy atom. The fraction of sp³-hybridized carbons (Fsp3) is 0.414. The first-order valence-electron chi connectivity index (χ1n) is 13.4. The van der Waals surface area contributed by atoms with Gasteiger partial charge in [0.05, 0.1) is 47.5 Å². The van der Waals surface area contributed by atoms with Gasteiger partial charge in [-0.3, -0.25) is 4.98 Å². The third-order valence-corrected chi connectivity index (χ3v) is 8.18. The summed E-state index contributed by atoms with van der Waals surface area (Å²) in [4.78, 5) is 6.06. The van der Waals surface area contributed by atoms with Crippen molar-refractivity contribution >= 4 is 5.52 Å². The molecule has 2 aliphatic rings. The van der Waals surface area contributed by atoms with Crippen LogP contribution in [0.3, 0.4) is 0 Å². The van der Waals surface area contributed by atoms with Crippen molar-refractivity contribution in [1.29, 1.82) is 5.26 Å². The summed E-state index contributed by atoms with van der Waals surface area (Å²) in [7, 11) is 0. The van der Waals surface area contributed by atoms with E-state index >= 15 is 0 Å². The normalized spacial score (nSPS) is 18.6. The summed E-state index contributed by atoms with van der Waals surface area (Å²) >= 11 is 0. The van der Waals surface area contributed by atoms with Crippen LogP contribution in [0.1, 0.15) is 68.1 Å². The maximum atomic E-state index is 13.5. The van der Waals surface area contributed by atoms with E-state index in [1.165, 1.54) is 12.1 Å². The molecule has 1 saturated carbocycles. The predicted molar refractivity (Wildman–Crippen MR) is 143 cm³/mol. The van der Waals surface area contributed by atoms with Gasteiger partial charge in [-0.2, -0.15) is 10.4 Å². The van der Waals surface area contributed by atoms with Crippen LogP contribution in [0.2, 0.25) is 0 Å². The Morgan fingerprint density at radius 3 is 2.83 bits per heavy atom. The van der Waals surface area contributed by atoms with E-state index in [0.717, 1.165) is 49.6 Å². The maximum absolute atomic E-state index is 13.5. The molecule has 2 fully saturated rings. The van der Waals surface area contributed by atoms with E-state index in [9.17, 15) is 14.8 Å². The summed E-state index contributed by atoms with van der Waals surface area (Å²) in [6.07, 6.45) is 11.1. The molecular weight excluding hydrogens is 511 g/mol. The highest BCUT2D eigenvalue weighted by Crippen LogP contribution is 2.47. The maximum Gasteiger partial charge on any atom is 0.179 e. The van der Waals surface area contributed by atoms with E-state index < -0.39 is 11.9 Å². The zero-order valence-corrected chi connectivity index (χ0v) is 22.4. The molecular formula is C29H29FN8O2. The van der Waals surface area contributed by atoms with Crippen LogP contribution >= 0.6 is 0 Å². The number of aromatic nitrogens is 6. The highest BCUT2D eigenvalue weighted by atomic mass is 19.1. The number of likely N-dealkylation sites (tertiary alicyclic amines) is 1. The molecule has 1 aliphatic carbocycles. The summed E-state index contributed by atoms with van der Waals surface area (Å²) < 4.78 is 23.4. The van der Waals surface area contributed by atoms with Crippen LogP contribution in [0.5, 0.6) is 5.75 Å². The zero-order chi connectivity index (χ0) is 27.9. The second-order valence-electron chi connectivity index (χ2n) is 10.5. The quantitative estimate of drug-likeness (QED) is 0.289. The summed E-state index contributed by atoms with van der Waals surface area (Å²) in [5.74, 6) is 5.92. The van der Waals surface area contributed by atoms with Crippen LogP contribution in [0, 0.1) is 36.0 Å². The van der Waals surface area contributed by atoms with E-state index in [4.69, 9.17) is 4.74 Å². The van der Waals surface area contributed by atoms with Gasteiger partial charge in [-0.05, 0) is 64.2 Å². The first-order chi connectivity index (χ1) is 19.5. The zero-order valence-electron chi connectivity index (χ0n) is 22.4. The van der Waals surface area contributed by atoms with Crippen molar-refractivity contribution in [3.8, 4) is 35.0 Å². The summed E-state index contributed by atoms with van der Waals surface area (Å²) in [6.45, 7) is 4.10. The minimum Gasteiger partial charge on any atom is -0.479 e. The van der Waals surface area contributed by atoms with Gasteiger partial charge < -0.3 is 14.7 Å². The van der Waals surface area contributed by atoms with Gasteiger partial charge in [0.15, 0.2) is 12.3 Å². The van der Waals surface area contributed by atoms with Crippen molar-refractivity contribution in [2.75, 3.05) is 13.2 Å². The fourth-order valence-corrected chi connectivity index (χ4v) is 6.00. The van der Waals surface area contributed by atoms with Crippen molar-refractivity contribution in [3.05, 3.63) is 59.6 Å². The highest BCUT2D eigenvalue weighted by Gasteiger charge is 2.47. The number of pyridine rings is 2. The van der Waals surface area contributed by atoms with Crippen LogP contribution in [0.25, 0.3) is 16.8 Å². The van der Waals surface area contributed by atoms with Crippen molar-refractivity contribution in [2.24, 2.45) is 0 Å². The monoisotopic (exact) mass is 540 g/mol. The number of fused-ring (bicyclic) bond motifs is 1. The Morgan fingerprint density at radius 2 is 2.15 bits per heavy atom. The minimum absolute atomic E-state index is 0.0599. The Bertz CT molecular complexity index is 1660. The van der Waals surface area contributed by atoms with E-state index in [1.807, 2.05) is 28.8 Å². The Hall–Kier alpha value is -4.48. The van der Waals surface area contributed by atoms with Crippen LogP contribution in [-0.4, -0.2) is 58.3 Å². The van der Waals surface area contributed by atoms with E-state index in [0.29, 0.717) is 34.8 Å². The average Bonchev–Trinajstić information content (AvgIpc) is 3.54. The smallest absolute Gasteiger partial charge is 0.179 e. The molecule has 0 unspecified atom stereocenters. The van der Waals surface area contributed by atoms with Gasteiger partial charge >= 0.3 is 0 Å². The van der Waals surface area contributed by atoms with E-state index in [2.05, 4.69) is 38.4 Å². The number of rotatable bonds is 6. The van der Waals surface area contributed by atoms with Gasteiger partial charge in [0.1, 0.15) is 22.8 Å². The first kappa shape index (κ1) is 25.8. The topological polar surface area (TPSA) is 117 Å². The molecule has 11 heteroatoms. The molecule has 2 atom stereocenters. The average molecular weight is 541 g/mol. The van der Waals surface area contributed by atoms with Crippen LogP contribution < -0.4 is 4.74 Å². The molecule has 4 aromatic rings. The number of hydrogen-bond acceptors (Lipinski definition) is 8. The molecule has 204 valence electrons. The molecule has 0 radical (unpaired) electrons. The van der Waals surface area contributed by atoms with Crippen LogP contribution in [0.4, 0.5) is 4.39 Å². The molecule has 1 aliphatic heterocycles. The lowest BCUT2D eigenvalue weighted by atomic mass is 9.69. The fourth-order valence-electron chi connectivity index (χ4n) is 6.00. The molecule has 0 aromatic carbocycles. The molecule has 0 bridgehead atoms. The standard InChI is InChI=1S/C29H29FN8O2/c1-3-5-20-14-33-37-16-21(12-25(28(20)37)40-26(17-39)24-7-6-22(30)15-32-24)27-19(2)38(35-34-27)23-8-11-36(18-31)29(13-23)9-4-10-29/h6-7,12,14-16,23,26,39H,4,8-11,13,17H2,1-2H3/t23-,26-/m1/s1. The molecule has 4 aromatic heterocycles. The molecule has 10 nitrogen and oxygen atoms in total. The Kier molecular flexibility index (Phi) is 6.60. The van der Waals surface area contributed by atoms with Gasteiger partial charge in [-0.1, -0.05) is 11.1 Å². The molecule has 1 spiro atoms. The van der Waals surface area contributed by atoms with Crippen molar-refractivity contribution in [3.63, 3.8) is 0 Å². The molecule has 6 rings (SSSR count). The summed E-state index contributed by atoms with van der Waals surface area (Å²) in [6, 6.07) is 4.77. The molecule has 1 N–H and O–H groups in total. The Balaban J connectivity index is 1.38. The second-order valence-corrected chi connectivity index (χ2v) is 10.5. The van der Waals surface area contributed by atoms with Gasteiger partial charge in [-0.15, -0.1) is 11.0 Å². The van der Waals surface area contributed by atoms with Crippen molar-refractivity contribution < 1.29 is 14.2 Å². The second kappa shape index (κ2) is 10.2. The summed E-state index contributed by atoms with van der Waals surface area (Å²) in [5, 5.41) is 33.4. The first-order valence-corrected chi connectivity index (χ1v) is 13.4. The number of ether oxygens (including phenoxy) is 1. The van der Waals surface area contributed by atoms with Gasteiger partial charge in [0.2, 0.25) is 0 Å². The molecule has 40 heavy (non-hydrogen) atoms. The number of halogens is 1. The molecule has 0 amide bonds. The highest BCUT2D eigenvalue weighted by molar-refractivity contribution is 5.75. The molecule has 5 heterocycles. The van der Waals surface area contributed by atoms with E-state index in [1.54, 1.807) is 17.6 Å². The lowest BCUT2D eigenvalue weighted by molar-refractivity contribution is 0.00270.